The maximum Gasteiger partial charge on any atom is 0.149 e. The smallest absolute Gasteiger partial charge is 0.149 e. The fraction of sp³-hybridized carbons (Fsp3) is 0.562. The average Bonchev–Trinajstić information content (AvgIpc) is 2.38. The first kappa shape index (κ1) is 13.3. The van der Waals surface area contributed by atoms with Crippen LogP contribution in [0.15, 0.2) is 30.3 Å². The fourth-order valence-electron chi connectivity index (χ4n) is 2.85. The fourth-order valence-corrected chi connectivity index (χ4v) is 2.85. The van der Waals surface area contributed by atoms with Crippen molar-refractivity contribution in [3.63, 3.8) is 0 Å². The van der Waals surface area contributed by atoms with Crippen LogP contribution in [-0.2, 0) is 11.2 Å². The minimum atomic E-state index is 0.152. The van der Waals surface area contributed by atoms with E-state index in [1.807, 2.05) is 14.1 Å². The normalized spacial score (nSPS) is 24.5. The van der Waals surface area contributed by atoms with Crippen molar-refractivity contribution in [3.8, 4) is 0 Å². The van der Waals surface area contributed by atoms with Gasteiger partial charge in [-0.25, -0.2) is 0 Å². The monoisotopic (exact) mass is 245 g/mol. The Morgan fingerprint density at radius 2 is 1.94 bits per heavy atom. The van der Waals surface area contributed by atoms with Gasteiger partial charge in [0.2, 0.25) is 0 Å². The molecule has 0 spiro atoms. The van der Waals surface area contributed by atoms with Crippen LogP contribution in [-0.4, -0.2) is 30.8 Å². The van der Waals surface area contributed by atoms with Gasteiger partial charge in [-0.15, -0.1) is 0 Å². The van der Waals surface area contributed by atoms with Gasteiger partial charge in [-0.05, 0) is 51.3 Å². The Balaban J connectivity index is 1.85. The molecule has 0 amide bonds. The lowest BCUT2D eigenvalue weighted by atomic mass is 9.81. The van der Waals surface area contributed by atoms with Gasteiger partial charge in [-0.3, -0.25) is 9.69 Å². The molecule has 0 aliphatic heterocycles. The molecule has 0 bridgehead atoms. The molecule has 1 saturated carbocycles. The first-order valence-corrected chi connectivity index (χ1v) is 6.90. The van der Waals surface area contributed by atoms with Crippen LogP contribution < -0.4 is 0 Å². The van der Waals surface area contributed by atoms with Gasteiger partial charge in [0.25, 0.3) is 0 Å². The molecule has 1 aromatic carbocycles. The third-order valence-corrected chi connectivity index (χ3v) is 4.03. The Kier molecular flexibility index (Phi) is 4.54. The van der Waals surface area contributed by atoms with Gasteiger partial charge < -0.3 is 0 Å². The predicted molar refractivity (Wildman–Crippen MR) is 74.6 cm³/mol. The van der Waals surface area contributed by atoms with Crippen molar-refractivity contribution in [2.45, 2.75) is 38.1 Å². The SMILES string of the molecule is CN(C)C1CC(CCc2ccccc2)CCC1=O. The molecule has 2 heteroatoms. The number of Topliss-reactive ketones (excluding diaryl/α,β-unsaturated/α-hetero) is 1. The number of carbonyl (C=O) groups is 1. The largest absolute Gasteiger partial charge is 0.300 e. The molecule has 0 N–H and O–H groups in total. The number of rotatable bonds is 4. The van der Waals surface area contributed by atoms with Gasteiger partial charge in [0.15, 0.2) is 0 Å². The molecule has 0 aromatic heterocycles. The number of nitrogens with zero attached hydrogens (tertiary/aromatic N) is 1. The lowest BCUT2D eigenvalue weighted by molar-refractivity contribution is -0.126. The summed E-state index contributed by atoms with van der Waals surface area (Å²) >= 11 is 0. The Hall–Kier alpha value is -1.15. The highest BCUT2D eigenvalue weighted by Gasteiger charge is 2.29. The topological polar surface area (TPSA) is 20.3 Å². The maximum atomic E-state index is 11.8. The highest BCUT2D eigenvalue weighted by atomic mass is 16.1. The van der Waals surface area contributed by atoms with Crippen molar-refractivity contribution in [2.75, 3.05) is 14.1 Å². The van der Waals surface area contributed by atoms with Gasteiger partial charge in [0, 0.05) is 6.42 Å². The summed E-state index contributed by atoms with van der Waals surface area (Å²) in [5.41, 5.74) is 1.41. The zero-order chi connectivity index (χ0) is 13.0. The van der Waals surface area contributed by atoms with Gasteiger partial charge in [-0.1, -0.05) is 30.3 Å². The van der Waals surface area contributed by atoms with E-state index in [0.29, 0.717) is 11.7 Å². The van der Waals surface area contributed by atoms with Crippen molar-refractivity contribution >= 4 is 5.78 Å². The van der Waals surface area contributed by atoms with Crippen LogP contribution in [0.3, 0.4) is 0 Å². The Bertz CT molecular complexity index is 385. The molecule has 2 nitrogen and oxygen atoms in total. The summed E-state index contributed by atoms with van der Waals surface area (Å²) in [4.78, 5) is 13.9. The minimum Gasteiger partial charge on any atom is -0.300 e. The molecule has 0 heterocycles. The summed E-state index contributed by atoms with van der Waals surface area (Å²) in [7, 11) is 4.03. The van der Waals surface area contributed by atoms with Crippen LogP contribution in [0.4, 0.5) is 0 Å². The van der Waals surface area contributed by atoms with E-state index < -0.39 is 0 Å². The van der Waals surface area contributed by atoms with Crippen LogP contribution in [0, 0.1) is 5.92 Å². The summed E-state index contributed by atoms with van der Waals surface area (Å²) < 4.78 is 0. The first-order valence-electron chi connectivity index (χ1n) is 6.90. The van der Waals surface area contributed by atoms with Crippen LogP contribution in [0.25, 0.3) is 0 Å². The number of aryl methyl sites for hydroxylation is 1. The van der Waals surface area contributed by atoms with E-state index in [1.54, 1.807) is 0 Å². The van der Waals surface area contributed by atoms with E-state index >= 15 is 0 Å². The van der Waals surface area contributed by atoms with E-state index in [4.69, 9.17) is 0 Å². The summed E-state index contributed by atoms with van der Waals surface area (Å²) in [6, 6.07) is 10.8. The average molecular weight is 245 g/mol. The van der Waals surface area contributed by atoms with Crippen LogP contribution in [0.5, 0.6) is 0 Å². The molecule has 2 unspecified atom stereocenters. The molecule has 1 fully saturated rings. The molecular weight excluding hydrogens is 222 g/mol. The van der Waals surface area contributed by atoms with E-state index in [2.05, 4.69) is 35.2 Å². The Morgan fingerprint density at radius 3 is 2.61 bits per heavy atom. The van der Waals surface area contributed by atoms with Crippen molar-refractivity contribution < 1.29 is 4.79 Å². The van der Waals surface area contributed by atoms with E-state index in [1.165, 1.54) is 12.0 Å². The van der Waals surface area contributed by atoms with E-state index in [-0.39, 0.29) is 6.04 Å². The number of likely N-dealkylation sites (N-methyl/N-ethyl adjacent to an activating group) is 1. The third-order valence-electron chi connectivity index (χ3n) is 4.03. The van der Waals surface area contributed by atoms with Crippen molar-refractivity contribution in [1.29, 1.82) is 0 Å². The second-order valence-electron chi connectivity index (χ2n) is 5.61. The van der Waals surface area contributed by atoms with Crippen LogP contribution >= 0.6 is 0 Å². The number of ketones is 1. The summed E-state index contributed by atoms with van der Waals surface area (Å²) in [6.07, 6.45) is 5.23. The van der Waals surface area contributed by atoms with Gasteiger partial charge in [0.1, 0.15) is 5.78 Å². The highest BCUT2D eigenvalue weighted by Crippen LogP contribution is 2.28. The van der Waals surface area contributed by atoms with Gasteiger partial charge >= 0.3 is 0 Å². The molecule has 1 aliphatic carbocycles. The minimum absolute atomic E-state index is 0.152. The molecule has 2 rings (SSSR count). The molecule has 18 heavy (non-hydrogen) atoms. The number of carbonyl (C=O) groups excluding carboxylic acids is 1. The van der Waals surface area contributed by atoms with E-state index in [0.717, 1.165) is 25.7 Å². The highest BCUT2D eigenvalue weighted by molar-refractivity contribution is 5.84. The Morgan fingerprint density at radius 1 is 1.22 bits per heavy atom. The van der Waals surface area contributed by atoms with Gasteiger partial charge in [-0.2, -0.15) is 0 Å². The van der Waals surface area contributed by atoms with Crippen LogP contribution in [0.1, 0.15) is 31.2 Å². The van der Waals surface area contributed by atoms with Crippen LogP contribution in [0.2, 0.25) is 0 Å². The third kappa shape index (κ3) is 3.42. The summed E-state index contributed by atoms with van der Waals surface area (Å²) in [6.45, 7) is 0. The molecule has 1 aliphatic rings. The molecule has 0 saturated heterocycles. The first-order chi connectivity index (χ1) is 8.66. The lowest BCUT2D eigenvalue weighted by Gasteiger charge is -2.32. The second-order valence-corrected chi connectivity index (χ2v) is 5.61. The standard InChI is InChI=1S/C16H23NO/c1-17(2)15-12-14(10-11-16(15)18)9-8-13-6-4-3-5-7-13/h3-7,14-15H,8-12H2,1-2H3. The second kappa shape index (κ2) is 6.14. The molecule has 0 radical (unpaired) electrons. The molecule has 1 aromatic rings. The summed E-state index contributed by atoms with van der Waals surface area (Å²) in [5, 5.41) is 0. The zero-order valence-electron chi connectivity index (χ0n) is 11.4. The quantitative estimate of drug-likeness (QED) is 0.813. The molecule has 2 atom stereocenters. The van der Waals surface area contributed by atoms with Gasteiger partial charge in [0.05, 0.1) is 6.04 Å². The molecule has 98 valence electrons. The predicted octanol–water partition coefficient (Wildman–Crippen LogP) is 2.92. The number of benzene rings is 1. The maximum absolute atomic E-state index is 11.8. The summed E-state index contributed by atoms with van der Waals surface area (Å²) in [5.74, 6) is 1.13. The number of hydrogen-bond acceptors (Lipinski definition) is 2. The molecular formula is C16H23NO. The Labute approximate surface area is 110 Å². The lowest BCUT2D eigenvalue weighted by Crippen LogP contribution is -2.40. The van der Waals surface area contributed by atoms with Crippen molar-refractivity contribution in [3.05, 3.63) is 35.9 Å². The van der Waals surface area contributed by atoms with Crippen molar-refractivity contribution in [1.82, 2.24) is 4.90 Å². The number of hydrogen-bond donors (Lipinski definition) is 0. The van der Waals surface area contributed by atoms with Crippen molar-refractivity contribution in [2.24, 2.45) is 5.92 Å². The van der Waals surface area contributed by atoms with E-state index in [9.17, 15) is 4.79 Å². The zero-order valence-corrected chi connectivity index (χ0v) is 11.4.